The highest BCUT2D eigenvalue weighted by atomic mass is 16.5. The molecule has 29 heavy (non-hydrogen) atoms. The molecule has 0 radical (unpaired) electrons. The van der Waals surface area contributed by atoms with Crippen molar-refractivity contribution >= 4 is 17.3 Å². The third kappa shape index (κ3) is 5.19. The van der Waals surface area contributed by atoms with Gasteiger partial charge in [0.15, 0.2) is 0 Å². The van der Waals surface area contributed by atoms with Crippen molar-refractivity contribution in [3.8, 4) is 0 Å². The zero-order chi connectivity index (χ0) is 20.6. The Labute approximate surface area is 172 Å². The zero-order valence-corrected chi connectivity index (χ0v) is 17.0. The van der Waals surface area contributed by atoms with Gasteiger partial charge < -0.3 is 9.84 Å². The van der Waals surface area contributed by atoms with Gasteiger partial charge in [-0.15, -0.1) is 0 Å². The van der Waals surface area contributed by atoms with E-state index in [1.807, 2.05) is 60.7 Å². The molecule has 2 aromatic rings. The van der Waals surface area contributed by atoms with E-state index < -0.39 is 0 Å². The van der Waals surface area contributed by atoms with Crippen molar-refractivity contribution in [2.45, 2.75) is 32.3 Å². The summed E-state index contributed by atoms with van der Waals surface area (Å²) in [6.45, 7) is 2.23. The molecule has 1 aliphatic heterocycles. The van der Waals surface area contributed by atoms with E-state index in [4.69, 9.17) is 9.84 Å². The molecule has 1 heterocycles. The smallest absolute Gasteiger partial charge is 0.247 e. The van der Waals surface area contributed by atoms with Gasteiger partial charge in [-0.1, -0.05) is 61.5 Å². The molecule has 0 aliphatic carbocycles. The average Bonchev–Trinajstić information content (AvgIpc) is 2.76. The average molecular weight is 392 g/mol. The second kappa shape index (κ2) is 10.1. The van der Waals surface area contributed by atoms with E-state index in [9.17, 15) is 4.79 Å². The van der Waals surface area contributed by atoms with Crippen molar-refractivity contribution in [2.75, 3.05) is 18.7 Å². The number of hydrazone groups is 1. The number of hydrogen-bond acceptors (Lipinski definition) is 4. The molecule has 2 aromatic carbocycles. The van der Waals surface area contributed by atoms with Gasteiger partial charge in [0.05, 0.1) is 17.5 Å². The number of hydrogen-bond donors (Lipinski definition) is 1. The van der Waals surface area contributed by atoms with Crippen molar-refractivity contribution in [1.82, 2.24) is 0 Å². The monoisotopic (exact) mass is 392 g/mol. The summed E-state index contributed by atoms with van der Waals surface area (Å²) in [5.41, 5.74) is 3.76. The summed E-state index contributed by atoms with van der Waals surface area (Å²) in [7, 11) is 1.69. The van der Waals surface area contributed by atoms with Crippen LogP contribution in [0.15, 0.2) is 71.9 Å². The normalized spacial score (nSPS) is 16.7. The Morgan fingerprint density at radius 3 is 2.52 bits per heavy atom. The second-order valence-corrected chi connectivity index (χ2v) is 7.17. The molecule has 1 amide bonds. The third-order valence-electron chi connectivity index (χ3n) is 5.07. The Morgan fingerprint density at radius 1 is 1.14 bits per heavy atom. The molecule has 0 bridgehead atoms. The van der Waals surface area contributed by atoms with Crippen LogP contribution in [0.2, 0.25) is 0 Å². The van der Waals surface area contributed by atoms with Crippen LogP contribution in [0.5, 0.6) is 0 Å². The fraction of sp³-hybridized carbons (Fsp3) is 0.333. The first-order valence-electron chi connectivity index (χ1n) is 10.00. The predicted octanol–water partition coefficient (Wildman–Crippen LogP) is 4.48. The van der Waals surface area contributed by atoms with Gasteiger partial charge in [-0.2, -0.15) is 5.10 Å². The van der Waals surface area contributed by atoms with Crippen molar-refractivity contribution in [2.24, 2.45) is 11.0 Å². The number of rotatable bonds is 8. The quantitative estimate of drug-likeness (QED) is 0.674. The summed E-state index contributed by atoms with van der Waals surface area (Å²) in [4.78, 5) is 12.5. The maximum Gasteiger partial charge on any atom is 0.247 e. The Kier molecular flexibility index (Phi) is 7.33. The van der Waals surface area contributed by atoms with Crippen molar-refractivity contribution in [3.63, 3.8) is 0 Å². The zero-order valence-electron chi connectivity index (χ0n) is 17.0. The fourth-order valence-corrected chi connectivity index (χ4v) is 3.54. The summed E-state index contributed by atoms with van der Waals surface area (Å²) in [5.74, 6) is 0.165. The summed E-state index contributed by atoms with van der Waals surface area (Å²) >= 11 is 0. The van der Waals surface area contributed by atoms with Gasteiger partial charge in [-0.25, -0.2) is 5.01 Å². The van der Waals surface area contributed by atoms with Gasteiger partial charge in [0.25, 0.3) is 0 Å². The number of carbonyl (C=O) groups is 1. The maximum absolute atomic E-state index is 12.5. The number of anilines is 1. The van der Waals surface area contributed by atoms with Crippen LogP contribution in [0.25, 0.3) is 0 Å². The molecule has 0 fully saturated rings. The number of amides is 1. The van der Waals surface area contributed by atoms with Crippen LogP contribution in [-0.4, -0.2) is 30.4 Å². The van der Waals surface area contributed by atoms with E-state index in [-0.39, 0.29) is 24.5 Å². The first kappa shape index (κ1) is 21.0. The summed E-state index contributed by atoms with van der Waals surface area (Å²) in [5, 5.41) is 15.1. The highest BCUT2D eigenvalue weighted by Gasteiger charge is 2.23. The number of benzene rings is 2. The van der Waals surface area contributed by atoms with Gasteiger partial charge in [0.1, 0.15) is 0 Å². The number of carbonyl (C=O) groups excluding carboxylic acids is 1. The minimum atomic E-state index is -0.0977. The molecule has 0 aromatic heterocycles. The number of aliphatic hydroxyl groups excluding tert-OH is 1. The summed E-state index contributed by atoms with van der Waals surface area (Å²) < 4.78 is 5.69. The van der Waals surface area contributed by atoms with Crippen LogP contribution >= 0.6 is 0 Å². The molecule has 0 saturated carbocycles. The first-order valence-corrected chi connectivity index (χ1v) is 10.00. The standard InChI is InChI=1S/C24H28N2O3/c1-18(8-6-7-17-27)24(29-2)20-11-13-21(14-12-20)26-23(28)16-15-22(25-26)19-9-4-3-5-10-19/h3-6,8-14,18,24,27H,7,15-17H2,1-2H3/b8-6+/t18-,24+/m1/s1. The third-order valence-corrected chi connectivity index (χ3v) is 5.07. The minimum absolute atomic E-state index is 0.000951. The van der Waals surface area contributed by atoms with Crippen LogP contribution < -0.4 is 5.01 Å². The SMILES string of the molecule is CO[C@H](c1ccc(N2N=C(c3ccccc3)CCC2=O)cc1)[C@H](C)/C=C/CCO. The molecule has 0 spiro atoms. The first-order chi connectivity index (χ1) is 14.1. The minimum Gasteiger partial charge on any atom is -0.396 e. The summed E-state index contributed by atoms with van der Waals surface area (Å²) in [6.07, 6.45) is 5.67. The number of nitrogens with zero attached hydrogens (tertiary/aromatic N) is 2. The lowest BCUT2D eigenvalue weighted by Gasteiger charge is -2.25. The highest BCUT2D eigenvalue weighted by molar-refractivity contribution is 6.08. The van der Waals surface area contributed by atoms with Crippen LogP contribution in [0.4, 0.5) is 5.69 Å². The fourth-order valence-electron chi connectivity index (χ4n) is 3.54. The predicted molar refractivity (Wildman–Crippen MR) is 116 cm³/mol. The van der Waals surface area contributed by atoms with E-state index in [1.54, 1.807) is 7.11 Å². The van der Waals surface area contributed by atoms with E-state index in [0.29, 0.717) is 19.3 Å². The molecule has 152 valence electrons. The lowest BCUT2D eigenvalue weighted by molar-refractivity contribution is -0.118. The number of aliphatic hydroxyl groups is 1. The molecule has 1 aliphatic rings. The van der Waals surface area contributed by atoms with Crippen LogP contribution in [-0.2, 0) is 9.53 Å². The lowest BCUT2D eigenvalue weighted by Crippen LogP contribution is -2.31. The van der Waals surface area contributed by atoms with E-state index in [1.165, 1.54) is 5.01 Å². The molecule has 1 N–H and O–H groups in total. The molecule has 0 unspecified atom stereocenters. The maximum atomic E-state index is 12.5. The van der Waals surface area contributed by atoms with Gasteiger partial charge in [0.2, 0.25) is 5.91 Å². The van der Waals surface area contributed by atoms with Crippen LogP contribution in [0, 0.1) is 5.92 Å². The van der Waals surface area contributed by atoms with Gasteiger partial charge in [-0.05, 0) is 29.7 Å². The number of methoxy groups -OCH3 is 1. The Hall–Kier alpha value is -2.76. The van der Waals surface area contributed by atoms with E-state index in [2.05, 4.69) is 18.1 Å². The molecule has 5 heteroatoms. The van der Waals surface area contributed by atoms with E-state index in [0.717, 1.165) is 22.5 Å². The lowest BCUT2D eigenvalue weighted by atomic mass is 9.96. The van der Waals surface area contributed by atoms with Gasteiger partial charge in [-0.3, -0.25) is 4.79 Å². The van der Waals surface area contributed by atoms with Gasteiger partial charge in [0, 0.05) is 32.5 Å². The Morgan fingerprint density at radius 2 is 1.86 bits per heavy atom. The molecular formula is C24H28N2O3. The largest absolute Gasteiger partial charge is 0.396 e. The van der Waals surface area contributed by atoms with E-state index >= 15 is 0 Å². The molecule has 5 nitrogen and oxygen atoms in total. The number of ether oxygens (including phenoxy) is 1. The van der Waals surface area contributed by atoms with Crippen LogP contribution in [0.3, 0.4) is 0 Å². The Bertz CT molecular complexity index is 859. The molecule has 3 rings (SSSR count). The highest BCUT2D eigenvalue weighted by Crippen LogP contribution is 2.29. The summed E-state index contributed by atoms with van der Waals surface area (Å²) in [6, 6.07) is 17.8. The molecule has 2 atom stereocenters. The molecular weight excluding hydrogens is 364 g/mol. The van der Waals surface area contributed by atoms with Crippen LogP contribution in [0.1, 0.15) is 43.4 Å². The van der Waals surface area contributed by atoms with Crippen molar-refractivity contribution in [3.05, 3.63) is 77.9 Å². The Balaban J connectivity index is 1.80. The van der Waals surface area contributed by atoms with Crippen molar-refractivity contribution in [1.29, 1.82) is 0 Å². The second-order valence-electron chi connectivity index (χ2n) is 7.17. The van der Waals surface area contributed by atoms with Gasteiger partial charge >= 0.3 is 0 Å². The topological polar surface area (TPSA) is 62.1 Å². The molecule has 0 saturated heterocycles. The van der Waals surface area contributed by atoms with Crippen molar-refractivity contribution < 1.29 is 14.6 Å².